The highest BCUT2D eigenvalue weighted by Gasteiger charge is 2.16. The van der Waals surface area contributed by atoms with Crippen molar-refractivity contribution in [2.24, 2.45) is 0 Å². The zero-order chi connectivity index (χ0) is 15.4. The Labute approximate surface area is 130 Å². The number of nitrogens with zero attached hydrogens (tertiary/aromatic N) is 1. The molecule has 2 aromatic carbocycles. The van der Waals surface area contributed by atoms with Gasteiger partial charge in [-0.2, -0.15) is 0 Å². The first kappa shape index (κ1) is 15.5. The van der Waals surface area contributed by atoms with Crippen molar-refractivity contribution in [2.75, 3.05) is 11.9 Å². The van der Waals surface area contributed by atoms with Crippen LogP contribution in [0.4, 0.5) is 11.4 Å². The number of nitrogens with one attached hydrogen (secondary N) is 1. The van der Waals surface area contributed by atoms with E-state index in [1.807, 2.05) is 31.2 Å². The number of hydrogen-bond acceptors (Lipinski definition) is 4. The van der Waals surface area contributed by atoms with Crippen LogP contribution >= 0.6 is 15.9 Å². The number of aryl methyl sites for hydroxylation is 1. The number of nitro benzene ring substituents is 1. The van der Waals surface area contributed by atoms with Gasteiger partial charge in [-0.15, -0.1) is 0 Å². The second kappa shape index (κ2) is 6.69. The van der Waals surface area contributed by atoms with Crippen molar-refractivity contribution in [3.63, 3.8) is 0 Å². The Morgan fingerprint density at radius 3 is 2.71 bits per heavy atom. The lowest BCUT2D eigenvalue weighted by molar-refractivity contribution is -0.384. The second-order valence-electron chi connectivity index (χ2n) is 4.67. The van der Waals surface area contributed by atoms with E-state index in [1.54, 1.807) is 12.1 Å². The summed E-state index contributed by atoms with van der Waals surface area (Å²) in [6.07, 6.45) is -0.732. The molecule has 2 aromatic rings. The smallest absolute Gasteiger partial charge is 0.292 e. The van der Waals surface area contributed by atoms with E-state index in [1.165, 1.54) is 6.07 Å². The molecule has 110 valence electrons. The summed E-state index contributed by atoms with van der Waals surface area (Å²) >= 11 is 3.28. The molecule has 0 saturated heterocycles. The normalized spacial score (nSPS) is 12.0. The number of aliphatic hydroxyl groups is 1. The molecule has 21 heavy (non-hydrogen) atoms. The Morgan fingerprint density at radius 2 is 2.05 bits per heavy atom. The lowest BCUT2D eigenvalue weighted by Gasteiger charge is -2.15. The van der Waals surface area contributed by atoms with E-state index >= 15 is 0 Å². The lowest BCUT2D eigenvalue weighted by Crippen LogP contribution is -2.14. The first-order valence-corrected chi connectivity index (χ1v) is 7.19. The summed E-state index contributed by atoms with van der Waals surface area (Å²) < 4.78 is 0.737. The zero-order valence-corrected chi connectivity index (χ0v) is 13.0. The molecule has 0 bridgehead atoms. The van der Waals surface area contributed by atoms with E-state index in [9.17, 15) is 15.2 Å². The van der Waals surface area contributed by atoms with E-state index in [0.717, 1.165) is 15.6 Å². The van der Waals surface area contributed by atoms with Crippen molar-refractivity contribution in [1.82, 2.24) is 0 Å². The molecule has 0 aliphatic rings. The van der Waals surface area contributed by atoms with Gasteiger partial charge in [0.25, 0.3) is 5.69 Å². The van der Waals surface area contributed by atoms with E-state index in [-0.39, 0.29) is 12.2 Å². The molecule has 0 aliphatic heterocycles. The summed E-state index contributed by atoms with van der Waals surface area (Å²) in [5.74, 6) is 0. The molecule has 2 rings (SSSR count). The summed E-state index contributed by atoms with van der Waals surface area (Å²) in [5.41, 5.74) is 2.15. The minimum Gasteiger partial charge on any atom is -0.387 e. The van der Waals surface area contributed by atoms with Crippen LogP contribution in [-0.4, -0.2) is 16.6 Å². The SMILES string of the molecule is Cc1ccccc1C(O)CNc1cc(Br)ccc1[N+](=O)[O-]. The topological polar surface area (TPSA) is 75.4 Å². The molecule has 0 aliphatic carbocycles. The third kappa shape index (κ3) is 3.80. The molecule has 1 atom stereocenters. The van der Waals surface area contributed by atoms with Gasteiger partial charge in [0.2, 0.25) is 0 Å². The van der Waals surface area contributed by atoms with Crippen LogP contribution in [0.2, 0.25) is 0 Å². The average molecular weight is 351 g/mol. The molecule has 0 aromatic heterocycles. The van der Waals surface area contributed by atoms with Crippen molar-refractivity contribution in [3.8, 4) is 0 Å². The van der Waals surface area contributed by atoms with Crippen LogP contribution < -0.4 is 5.32 Å². The quantitative estimate of drug-likeness (QED) is 0.634. The third-order valence-electron chi connectivity index (χ3n) is 3.19. The fraction of sp³-hybridized carbons (Fsp3) is 0.200. The van der Waals surface area contributed by atoms with Gasteiger partial charge in [0.05, 0.1) is 11.0 Å². The van der Waals surface area contributed by atoms with Crippen LogP contribution in [0.25, 0.3) is 0 Å². The number of nitro groups is 1. The van der Waals surface area contributed by atoms with Gasteiger partial charge in [-0.25, -0.2) is 0 Å². The molecule has 0 fully saturated rings. The van der Waals surface area contributed by atoms with Crippen molar-refractivity contribution in [1.29, 1.82) is 0 Å². The van der Waals surface area contributed by atoms with Gasteiger partial charge in [-0.1, -0.05) is 40.2 Å². The monoisotopic (exact) mass is 350 g/mol. The lowest BCUT2D eigenvalue weighted by atomic mass is 10.0. The number of anilines is 1. The fourth-order valence-electron chi connectivity index (χ4n) is 2.09. The van der Waals surface area contributed by atoms with Crippen molar-refractivity contribution >= 4 is 27.3 Å². The average Bonchev–Trinajstić information content (AvgIpc) is 2.45. The highest BCUT2D eigenvalue weighted by atomic mass is 79.9. The van der Waals surface area contributed by atoms with Gasteiger partial charge in [0.1, 0.15) is 5.69 Å². The maximum atomic E-state index is 11.0. The van der Waals surface area contributed by atoms with Crippen LogP contribution in [0, 0.1) is 17.0 Å². The molecule has 5 nitrogen and oxygen atoms in total. The second-order valence-corrected chi connectivity index (χ2v) is 5.59. The first-order chi connectivity index (χ1) is 9.99. The summed E-state index contributed by atoms with van der Waals surface area (Å²) in [5, 5.41) is 24.1. The van der Waals surface area contributed by atoms with E-state index in [0.29, 0.717) is 5.69 Å². The van der Waals surface area contributed by atoms with Crippen LogP contribution in [0.3, 0.4) is 0 Å². The van der Waals surface area contributed by atoms with Gasteiger partial charge < -0.3 is 10.4 Å². The predicted octanol–water partition coefficient (Wildman–Crippen LogP) is 3.81. The standard InChI is InChI=1S/C15H15BrN2O3/c1-10-4-2-3-5-12(10)15(19)9-17-13-8-11(16)6-7-14(13)18(20)21/h2-8,15,17,19H,9H2,1H3. The van der Waals surface area contributed by atoms with Gasteiger partial charge in [0, 0.05) is 17.1 Å². The number of hydrogen-bond donors (Lipinski definition) is 2. The predicted molar refractivity (Wildman–Crippen MR) is 85.4 cm³/mol. The number of benzene rings is 2. The Morgan fingerprint density at radius 1 is 1.33 bits per heavy atom. The van der Waals surface area contributed by atoms with E-state index in [4.69, 9.17) is 0 Å². The zero-order valence-electron chi connectivity index (χ0n) is 11.4. The molecule has 0 heterocycles. The molecular formula is C15H15BrN2O3. The third-order valence-corrected chi connectivity index (χ3v) is 3.68. The van der Waals surface area contributed by atoms with Crippen molar-refractivity contribution < 1.29 is 10.0 Å². The Hall–Kier alpha value is -1.92. The maximum absolute atomic E-state index is 11.0. The van der Waals surface area contributed by atoms with Gasteiger partial charge in [-0.05, 0) is 30.2 Å². The Kier molecular flexibility index (Phi) is 4.93. The summed E-state index contributed by atoms with van der Waals surface area (Å²) in [6.45, 7) is 2.11. The van der Waals surface area contributed by atoms with E-state index < -0.39 is 11.0 Å². The molecule has 1 unspecified atom stereocenters. The molecule has 6 heteroatoms. The number of rotatable bonds is 5. The van der Waals surface area contributed by atoms with Gasteiger partial charge >= 0.3 is 0 Å². The number of aliphatic hydroxyl groups excluding tert-OH is 1. The largest absolute Gasteiger partial charge is 0.387 e. The molecule has 0 spiro atoms. The molecule has 0 saturated carbocycles. The minimum absolute atomic E-state index is 0.0183. The number of halogens is 1. The van der Waals surface area contributed by atoms with Crippen LogP contribution in [0.5, 0.6) is 0 Å². The highest BCUT2D eigenvalue weighted by Crippen LogP contribution is 2.28. The first-order valence-electron chi connectivity index (χ1n) is 6.40. The van der Waals surface area contributed by atoms with Crippen molar-refractivity contribution in [3.05, 3.63) is 68.2 Å². The molecule has 0 radical (unpaired) electrons. The van der Waals surface area contributed by atoms with Gasteiger partial charge in [-0.3, -0.25) is 10.1 Å². The molecule has 2 N–H and O–H groups in total. The van der Waals surface area contributed by atoms with Gasteiger partial charge in [0.15, 0.2) is 0 Å². The summed E-state index contributed by atoms with van der Waals surface area (Å²) in [4.78, 5) is 10.5. The fourth-order valence-corrected chi connectivity index (χ4v) is 2.45. The highest BCUT2D eigenvalue weighted by molar-refractivity contribution is 9.10. The van der Waals surface area contributed by atoms with Crippen LogP contribution in [0.15, 0.2) is 46.9 Å². The summed E-state index contributed by atoms with van der Waals surface area (Å²) in [7, 11) is 0. The summed E-state index contributed by atoms with van der Waals surface area (Å²) in [6, 6.07) is 12.2. The maximum Gasteiger partial charge on any atom is 0.292 e. The molecular weight excluding hydrogens is 336 g/mol. The van der Waals surface area contributed by atoms with E-state index in [2.05, 4.69) is 21.2 Å². The van der Waals surface area contributed by atoms with Crippen LogP contribution in [0.1, 0.15) is 17.2 Å². The Balaban J connectivity index is 2.15. The van der Waals surface area contributed by atoms with Crippen molar-refractivity contribution in [2.45, 2.75) is 13.0 Å². The van der Waals surface area contributed by atoms with Crippen LogP contribution in [-0.2, 0) is 0 Å². The molecule has 0 amide bonds. The minimum atomic E-state index is -0.732. The Bertz CT molecular complexity index is 661.